The molecule has 0 bridgehead atoms. The van der Waals surface area contributed by atoms with Crippen LogP contribution in [0.3, 0.4) is 0 Å². The van der Waals surface area contributed by atoms with E-state index in [-0.39, 0.29) is 22.8 Å². The average Bonchev–Trinajstić information content (AvgIpc) is 2.64. The number of aryl methyl sites for hydroxylation is 2. The lowest BCUT2D eigenvalue weighted by Gasteiger charge is -2.16. The van der Waals surface area contributed by atoms with Gasteiger partial charge in [0.05, 0.1) is 16.4 Å². The quantitative estimate of drug-likeness (QED) is 0.525. The average molecular weight is 420 g/mol. The Hall–Kier alpha value is -2.98. The van der Waals surface area contributed by atoms with Crippen LogP contribution in [-0.2, 0) is 14.8 Å². The fourth-order valence-electron chi connectivity index (χ4n) is 2.66. The van der Waals surface area contributed by atoms with Gasteiger partial charge in [0.25, 0.3) is 5.69 Å². The molecule has 1 amide bonds. The zero-order valence-corrected chi connectivity index (χ0v) is 17.8. The standard InChI is InChI=1S/C19H24N4O5S/c1-12-7-9-16(23(25)26)19(14(12)3)21-18(24)11-20-15-8-6-13(2)17(10-15)29(27,28)22(4)5/h6-10,20H,11H2,1-5H3,(H,21,24). The number of sulfonamides is 1. The Kier molecular flexibility index (Phi) is 6.60. The fraction of sp³-hybridized carbons (Fsp3) is 0.316. The highest BCUT2D eigenvalue weighted by Gasteiger charge is 2.21. The molecule has 9 nitrogen and oxygen atoms in total. The number of nitrogens with one attached hydrogen (secondary N) is 2. The minimum atomic E-state index is -3.62. The third-order valence-electron chi connectivity index (χ3n) is 4.57. The second-order valence-electron chi connectivity index (χ2n) is 6.83. The lowest BCUT2D eigenvalue weighted by molar-refractivity contribution is -0.384. The fourth-order valence-corrected chi connectivity index (χ4v) is 3.81. The van der Waals surface area contributed by atoms with Crippen molar-refractivity contribution >= 4 is 33.0 Å². The summed E-state index contributed by atoms with van der Waals surface area (Å²) in [6.07, 6.45) is 0. The van der Waals surface area contributed by atoms with Gasteiger partial charge in [-0.1, -0.05) is 12.1 Å². The van der Waals surface area contributed by atoms with Crippen LogP contribution in [0.2, 0.25) is 0 Å². The van der Waals surface area contributed by atoms with Gasteiger partial charge < -0.3 is 10.6 Å². The molecule has 2 rings (SSSR count). The summed E-state index contributed by atoms with van der Waals surface area (Å²) in [5, 5.41) is 16.7. The molecule has 0 radical (unpaired) electrons. The Bertz CT molecular complexity index is 1060. The molecule has 0 heterocycles. The summed E-state index contributed by atoms with van der Waals surface area (Å²) in [5.74, 6) is -0.487. The van der Waals surface area contributed by atoms with E-state index in [0.717, 1.165) is 9.87 Å². The van der Waals surface area contributed by atoms with Crippen molar-refractivity contribution in [3.8, 4) is 0 Å². The van der Waals surface area contributed by atoms with E-state index in [9.17, 15) is 23.3 Å². The minimum Gasteiger partial charge on any atom is -0.376 e. The van der Waals surface area contributed by atoms with E-state index in [1.54, 1.807) is 39.0 Å². The van der Waals surface area contributed by atoms with Gasteiger partial charge in [0.1, 0.15) is 5.69 Å². The summed E-state index contributed by atoms with van der Waals surface area (Å²) >= 11 is 0. The third-order valence-corrected chi connectivity index (χ3v) is 6.53. The molecule has 2 N–H and O–H groups in total. The maximum Gasteiger partial charge on any atom is 0.293 e. The molecule has 156 valence electrons. The molecule has 0 saturated heterocycles. The Morgan fingerprint density at radius 2 is 1.72 bits per heavy atom. The predicted molar refractivity (Wildman–Crippen MR) is 112 cm³/mol. The van der Waals surface area contributed by atoms with E-state index in [4.69, 9.17) is 0 Å². The topological polar surface area (TPSA) is 122 Å². The van der Waals surface area contributed by atoms with Crippen LogP contribution in [0.5, 0.6) is 0 Å². The summed E-state index contributed by atoms with van der Waals surface area (Å²) in [6, 6.07) is 7.74. The first kappa shape index (κ1) is 22.3. The number of carbonyl (C=O) groups is 1. The monoisotopic (exact) mass is 420 g/mol. The number of benzene rings is 2. The van der Waals surface area contributed by atoms with Crippen molar-refractivity contribution in [1.29, 1.82) is 0 Å². The molecule has 0 aliphatic carbocycles. The lowest BCUT2D eigenvalue weighted by atomic mass is 10.1. The molecule has 0 aliphatic heterocycles. The molecule has 0 aliphatic rings. The van der Waals surface area contributed by atoms with Crippen molar-refractivity contribution < 1.29 is 18.1 Å². The first-order valence-corrected chi connectivity index (χ1v) is 10.2. The number of anilines is 2. The van der Waals surface area contributed by atoms with Crippen molar-refractivity contribution in [2.24, 2.45) is 0 Å². The van der Waals surface area contributed by atoms with Gasteiger partial charge in [-0.3, -0.25) is 14.9 Å². The first-order chi connectivity index (χ1) is 13.4. The summed E-state index contributed by atoms with van der Waals surface area (Å²) in [7, 11) is -0.737. The number of amides is 1. The molecular weight excluding hydrogens is 396 g/mol. The van der Waals surface area contributed by atoms with Gasteiger partial charge in [-0.15, -0.1) is 0 Å². The van der Waals surface area contributed by atoms with Crippen LogP contribution in [0, 0.1) is 30.9 Å². The Morgan fingerprint density at radius 1 is 1.10 bits per heavy atom. The van der Waals surface area contributed by atoms with E-state index >= 15 is 0 Å². The summed E-state index contributed by atoms with van der Waals surface area (Å²) in [5.41, 5.74) is 2.43. The number of nitro groups is 1. The van der Waals surface area contributed by atoms with E-state index in [2.05, 4.69) is 10.6 Å². The zero-order valence-electron chi connectivity index (χ0n) is 16.9. The lowest BCUT2D eigenvalue weighted by Crippen LogP contribution is -2.24. The van der Waals surface area contributed by atoms with Crippen molar-refractivity contribution in [2.75, 3.05) is 31.3 Å². The SMILES string of the molecule is Cc1ccc(NCC(=O)Nc2c([N+](=O)[O-])ccc(C)c2C)cc1S(=O)(=O)N(C)C. The highest BCUT2D eigenvalue weighted by atomic mass is 32.2. The van der Waals surface area contributed by atoms with Crippen molar-refractivity contribution in [1.82, 2.24) is 4.31 Å². The maximum absolute atomic E-state index is 12.4. The van der Waals surface area contributed by atoms with Gasteiger partial charge in [-0.25, -0.2) is 12.7 Å². The molecule has 29 heavy (non-hydrogen) atoms. The van der Waals surface area contributed by atoms with Gasteiger partial charge >= 0.3 is 0 Å². The molecule has 10 heteroatoms. The Balaban J connectivity index is 2.19. The van der Waals surface area contributed by atoms with Crippen LogP contribution in [-0.4, -0.2) is 44.2 Å². The van der Waals surface area contributed by atoms with E-state index in [1.165, 1.54) is 26.2 Å². The van der Waals surface area contributed by atoms with Crippen molar-refractivity contribution in [3.05, 3.63) is 57.1 Å². The molecular formula is C19H24N4O5S. The van der Waals surface area contributed by atoms with Crippen molar-refractivity contribution in [2.45, 2.75) is 25.7 Å². The summed E-state index contributed by atoms with van der Waals surface area (Å²) in [6.45, 7) is 5.00. The number of hydrogen-bond donors (Lipinski definition) is 2. The summed E-state index contributed by atoms with van der Waals surface area (Å²) < 4.78 is 25.9. The van der Waals surface area contributed by atoms with Crippen LogP contribution in [0.25, 0.3) is 0 Å². The zero-order chi connectivity index (χ0) is 21.9. The second kappa shape index (κ2) is 8.58. The normalized spacial score (nSPS) is 11.4. The molecule has 0 saturated carbocycles. The Morgan fingerprint density at radius 3 is 2.31 bits per heavy atom. The van der Waals surface area contributed by atoms with Gasteiger partial charge in [-0.2, -0.15) is 0 Å². The molecule has 0 fully saturated rings. The van der Waals surface area contributed by atoms with E-state index in [0.29, 0.717) is 16.8 Å². The third kappa shape index (κ3) is 4.90. The highest BCUT2D eigenvalue weighted by molar-refractivity contribution is 7.89. The van der Waals surface area contributed by atoms with Crippen molar-refractivity contribution in [3.63, 3.8) is 0 Å². The van der Waals surface area contributed by atoms with Gasteiger partial charge in [0, 0.05) is 25.8 Å². The molecule has 2 aromatic carbocycles. The smallest absolute Gasteiger partial charge is 0.293 e. The molecule has 2 aromatic rings. The van der Waals surface area contributed by atoms with E-state index in [1.807, 2.05) is 0 Å². The van der Waals surface area contributed by atoms with Crippen LogP contribution in [0.1, 0.15) is 16.7 Å². The largest absolute Gasteiger partial charge is 0.376 e. The highest BCUT2D eigenvalue weighted by Crippen LogP contribution is 2.30. The predicted octanol–water partition coefficient (Wildman–Crippen LogP) is 2.82. The number of nitrogens with zero attached hydrogens (tertiary/aromatic N) is 2. The maximum atomic E-state index is 12.4. The van der Waals surface area contributed by atoms with Crippen LogP contribution < -0.4 is 10.6 Å². The van der Waals surface area contributed by atoms with Crippen LogP contribution in [0.15, 0.2) is 35.2 Å². The van der Waals surface area contributed by atoms with Gasteiger partial charge in [0.15, 0.2) is 0 Å². The number of rotatable bonds is 7. The first-order valence-electron chi connectivity index (χ1n) is 8.76. The number of nitro benzene ring substituents is 1. The summed E-state index contributed by atoms with van der Waals surface area (Å²) in [4.78, 5) is 23.2. The molecule has 0 unspecified atom stereocenters. The Labute approximate surface area is 169 Å². The molecule has 0 atom stereocenters. The van der Waals surface area contributed by atoms with E-state index < -0.39 is 20.9 Å². The van der Waals surface area contributed by atoms with Gasteiger partial charge in [-0.05, 0) is 49.6 Å². The van der Waals surface area contributed by atoms with Crippen LogP contribution >= 0.6 is 0 Å². The van der Waals surface area contributed by atoms with Gasteiger partial charge in [0.2, 0.25) is 15.9 Å². The molecule has 0 aromatic heterocycles. The number of hydrogen-bond acceptors (Lipinski definition) is 6. The second-order valence-corrected chi connectivity index (χ2v) is 8.95. The number of carbonyl (C=O) groups excluding carboxylic acids is 1. The minimum absolute atomic E-state index is 0.137. The molecule has 0 spiro atoms. The van der Waals surface area contributed by atoms with Crippen LogP contribution in [0.4, 0.5) is 17.1 Å².